The minimum absolute atomic E-state index is 0.120. The first-order chi connectivity index (χ1) is 17.9. The third kappa shape index (κ3) is 7.66. The average Bonchev–Trinajstić information content (AvgIpc) is 3.30. The summed E-state index contributed by atoms with van der Waals surface area (Å²) in [6.45, 7) is 2.09. The molecule has 0 saturated carbocycles. The summed E-state index contributed by atoms with van der Waals surface area (Å²) in [5.41, 5.74) is 6.31. The molecule has 2 fully saturated rings. The van der Waals surface area contributed by atoms with E-state index in [9.17, 15) is 14.4 Å². The van der Waals surface area contributed by atoms with Crippen molar-refractivity contribution >= 4 is 17.7 Å². The van der Waals surface area contributed by atoms with Crippen LogP contribution in [0.3, 0.4) is 0 Å². The van der Waals surface area contributed by atoms with Crippen LogP contribution in [0.5, 0.6) is 5.75 Å². The minimum Gasteiger partial charge on any atom is -0.491 e. The molecule has 0 spiro atoms. The second-order valence-corrected chi connectivity index (χ2v) is 10.2. The smallest absolute Gasteiger partial charge is 0.246 e. The van der Waals surface area contributed by atoms with E-state index in [0.29, 0.717) is 25.3 Å². The van der Waals surface area contributed by atoms with E-state index < -0.39 is 24.0 Å². The standard InChI is InChI=1S/C27H43N5O5/c1-31(2)14-7-4-11-22-27(36)32-23(26(35)30-22)18-21(25(34)29-13-6-3-5-12-28)24(32)19-9-8-10-20(17-19)37-16-15-33/h8-10,17,21-24,33H,3-7,11-16,18,28H2,1-2H3,(H,29,34)(H,30,35)/t21-,22-,23-,24-/m0/s1. The molecule has 2 heterocycles. The molecule has 0 aromatic heterocycles. The molecule has 0 bridgehead atoms. The molecule has 3 rings (SSSR count). The number of piperazine rings is 1. The number of nitrogens with one attached hydrogen (secondary N) is 2. The van der Waals surface area contributed by atoms with Crippen LogP contribution in [0, 0.1) is 5.92 Å². The Morgan fingerprint density at radius 1 is 1.22 bits per heavy atom. The second kappa shape index (κ2) is 14.3. The molecule has 0 radical (unpaired) electrons. The number of fused-ring (bicyclic) bond motifs is 1. The van der Waals surface area contributed by atoms with Crippen LogP contribution in [-0.4, -0.2) is 91.7 Å². The van der Waals surface area contributed by atoms with Gasteiger partial charge in [0.25, 0.3) is 0 Å². The zero-order chi connectivity index (χ0) is 26.8. The number of hydrogen-bond acceptors (Lipinski definition) is 7. The Kier molecular flexibility index (Phi) is 11.2. The van der Waals surface area contributed by atoms with Gasteiger partial charge in [0, 0.05) is 6.54 Å². The van der Waals surface area contributed by atoms with E-state index >= 15 is 0 Å². The maximum atomic E-state index is 13.7. The highest BCUT2D eigenvalue weighted by Crippen LogP contribution is 2.44. The van der Waals surface area contributed by atoms with Gasteiger partial charge < -0.3 is 36.0 Å². The topological polar surface area (TPSA) is 137 Å². The lowest BCUT2D eigenvalue weighted by atomic mass is 9.92. The molecule has 4 atom stereocenters. The Morgan fingerprint density at radius 2 is 2.03 bits per heavy atom. The number of carbonyl (C=O) groups excluding carboxylic acids is 3. The summed E-state index contributed by atoms with van der Waals surface area (Å²) in [5.74, 6) is -0.510. The molecule has 10 nitrogen and oxygen atoms in total. The number of benzene rings is 1. The van der Waals surface area contributed by atoms with Crippen molar-refractivity contribution in [1.82, 2.24) is 20.4 Å². The Morgan fingerprint density at radius 3 is 2.76 bits per heavy atom. The minimum atomic E-state index is -0.689. The molecule has 3 amide bonds. The van der Waals surface area contributed by atoms with Crippen LogP contribution in [0.2, 0.25) is 0 Å². The van der Waals surface area contributed by atoms with Gasteiger partial charge in [0.1, 0.15) is 24.4 Å². The number of aliphatic hydroxyl groups excluding tert-OH is 1. The fraction of sp³-hybridized carbons (Fsp3) is 0.667. The van der Waals surface area contributed by atoms with Gasteiger partial charge in [-0.2, -0.15) is 0 Å². The maximum absolute atomic E-state index is 13.7. The lowest BCUT2D eigenvalue weighted by Gasteiger charge is -2.38. The van der Waals surface area contributed by atoms with Crippen LogP contribution in [0.25, 0.3) is 0 Å². The number of carbonyl (C=O) groups is 3. The molecule has 0 unspecified atom stereocenters. The maximum Gasteiger partial charge on any atom is 0.246 e. The molecule has 1 aromatic rings. The number of nitrogens with two attached hydrogens (primary N) is 1. The molecule has 10 heteroatoms. The Balaban J connectivity index is 1.82. The molecule has 1 aromatic carbocycles. The highest BCUT2D eigenvalue weighted by molar-refractivity contribution is 5.99. The molecule has 2 aliphatic heterocycles. The zero-order valence-electron chi connectivity index (χ0n) is 22.2. The lowest BCUT2D eigenvalue weighted by Crippen LogP contribution is -2.61. The van der Waals surface area contributed by atoms with Gasteiger partial charge in [-0.1, -0.05) is 18.6 Å². The molecule has 2 saturated heterocycles. The van der Waals surface area contributed by atoms with E-state index in [2.05, 4.69) is 15.5 Å². The Bertz CT molecular complexity index is 911. The zero-order valence-corrected chi connectivity index (χ0v) is 22.2. The monoisotopic (exact) mass is 517 g/mol. The van der Waals surface area contributed by atoms with Crippen molar-refractivity contribution in [2.45, 2.75) is 63.1 Å². The fourth-order valence-corrected chi connectivity index (χ4v) is 5.26. The Labute approximate surface area is 219 Å². The van der Waals surface area contributed by atoms with E-state index in [1.54, 1.807) is 17.0 Å². The number of hydrogen-bond donors (Lipinski definition) is 4. The van der Waals surface area contributed by atoms with E-state index in [4.69, 9.17) is 15.6 Å². The largest absolute Gasteiger partial charge is 0.491 e. The van der Waals surface area contributed by atoms with Gasteiger partial charge in [0.05, 0.1) is 18.6 Å². The second-order valence-electron chi connectivity index (χ2n) is 10.2. The van der Waals surface area contributed by atoms with Gasteiger partial charge in [-0.05, 0) is 83.4 Å². The highest BCUT2D eigenvalue weighted by Gasteiger charge is 2.54. The van der Waals surface area contributed by atoms with Crippen molar-refractivity contribution < 1.29 is 24.2 Å². The van der Waals surface area contributed by atoms with Crippen LogP contribution in [-0.2, 0) is 14.4 Å². The summed E-state index contributed by atoms with van der Waals surface area (Å²) in [5, 5.41) is 15.1. The van der Waals surface area contributed by atoms with E-state index in [1.807, 2.05) is 26.2 Å². The van der Waals surface area contributed by atoms with Crippen molar-refractivity contribution in [2.75, 3.05) is 46.9 Å². The van der Waals surface area contributed by atoms with Gasteiger partial charge in [-0.15, -0.1) is 0 Å². The van der Waals surface area contributed by atoms with Gasteiger partial charge in [-0.3, -0.25) is 14.4 Å². The third-order valence-electron chi connectivity index (χ3n) is 7.09. The first-order valence-corrected chi connectivity index (χ1v) is 13.5. The van der Waals surface area contributed by atoms with Crippen LogP contribution >= 0.6 is 0 Å². The van der Waals surface area contributed by atoms with Crippen LogP contribution in [0.4, 0.5) is 0 Å². The van der Waals surface area contributed by atoms with E-state index in [1.165, 1.54) is 0 Å². The molecule has 0 aliphatic carbocycles. The summed E-state index contributed by atoms with van der Waals surface area (Å²) < 4.78 is 5.60. The average molecular weight is 518 g/mol. The predicted octanol–water partition coefficient (Wildman–Crippen LogP) is 0.791. The van der Waals surface area contributed by atoms with Gasteiger partial charge in [0.2, 0.25) is 17.7 Å². The van der Waals surface area contributed by atoms with Crippen molar-refractivity contribution in [2.24, 2.45) is 11.7 Å². The van der Waals surface area contributed by atoms with Crippen molar-refractivity contribution in [3.63, 3.8) is 0 Å². The Hall–Kier alpha value is -2.69. The lowest BCUT2D eigenvalue weighted by molar-refractivity contribution is -0.149. The van der Waals surface area contributed by atoms with Crippen molar-refractivity contribution in [3.8, 4) is 5.75 Å². The molecular weight excluding hydrogens is 474 g/mol. The normalized spacial score (nSPS) is 23.2. The first-order valence-electron chi connectivity index (χ1n) is 13.5. The summed E-state index contributed by atoms with van der Waals surface area (Å²) in [6.07, 6.45) is 5.24. The number of aliphatic hydroxyl groups is 1. The number of ether oxygens (including phenoxy) is 1. The van der Waals surface area contributed by atoms with Crippen molar-refractivity contribution in [3.05, 3.63) is 29.8 Å². The van der Waals surface area contributed by atoms with Gasteiger partial charge >= 0.3 is 0 Å². The van der Waals surface area contributed by atoms with E-state index in [0.717, 1.165) is 44.2 Å². The predicted molar refractivity (Wildman–Crippen MR) is 141 cm³/mol. The highest BCUT2D eigenvalue weighted by atomic mass is 16.5. The van der Waals surface area contributed by atoms with Gasteiger partial charge in [0.15, 0.2) is 0 Å². The van der Waals surface area contributed by atoms with Crippen LogP contribution in [0.15, 0.2) is 24.3 Å². The number of unbranched alkanes of at least 4 members (excludes halogenated alkanes) is 3. The number of nitrogens with zero attached hydrogens (tertiary/aromatic N) is 2. The number of amides is 3. The third-order valence-corrected chi connectivity index (χ3v) is 7.09. The van der Waals surface area contributed by atoms with Gasteiger partial charge in [-0.25, -0.2) is 0 Å². The molecular formula is C27H43N5O5. The van der Waals surface area contributed by atoms with Crippen LogP contribution < -0.4 is 21.1 Å². The summed E-state index contributed by atoms with van der Waals surface area (Å²) in [7, 11) is 4.02. The number of rotatable bonds is 15. The quantitative estimate of drug-likeness (QED) is 0.253. The first kappa shape index (κ1) is 28.9. The summed E-state index contributed by atoms with van der Waals surface area (Å²) in [6, 6.07) is 5.39. The molecule has 2 aliphatic rings. The summed E-state index contributed by atoms with van der Waals surface area (Å²) >= 11 is 0. The van der Waals surface area contributed by atoms with E-state index in [-0.39, 0.29) is 37.4 Å². The fourth-order valence-electron chi connectivity index (χ4n) is 5.26. The van der Waals surface area contributed by atoms with Crippen LogP contribution in [0.1, 0.15) is 56.6 Å². The molecule has 206 valence electrons. The SMILES string of the molecule is CN(C)CCCC[C@@H]1NC(=O)[C@@H]2C[C@H](C(=O)NCCCCCN)[C@H](c3cccc(OCCO)c3)N2C1=O. The summed E-state index contributed by atoms with van der Waals surface area (Å²) in [4.78, 5) is 44.0. The molecule has 37 heavy (non-hydrogen) atoms. The molecule has 5 N–H and O–H groups in total. The van der Waals surface area contributed by atoms with Crippen molar-refractivity contribution in [1.29, 1.82) is 0 Å².